The predicted octanol–water partition coefficient (Wildman–Crippen LogP) is 1.20. The van der Waals surface area contributed by atoms with Gasteiger partial charge in [-0.15, -0.1) is 10.2 Å². The largest absolute Gasteiger partial charge is 0.322 e. The van der Waals surface area contributed by atoms with Gasteiger partial charge in [-0.2, -0.15) is 0 Å². The average molecular weight is 180 g/mol. The molecule has 72 valence electrons. The first kappa shape index (κ1) is 8.69. The zero-order valence-corrected chi connectivity index (χ0v) is 8.20. The number of hydrogen-bond donors (Lipinski definition) is 1. The van der Waals surface area contributed by atoms with Gasteiger partial charge in [0.15, 0.2) is 0 Å². The Hall–Kier alpha value is -0.900. The van der Waals surface area contributed by atoms with E-state index in [1.807, 2.05) is 6.92 Å². The van der Waals surface area contributed by atoms with E-state index >= 15 is 0 Å². The van der Waals surface area contributed by atoms with Crippen LogP contribution in [0, 0.1) is 0 Å². The molecule has 0 saturated carbocycles. The minimum atomic E-state index is -0.00782. The summed E-state index contributed by atoms with van der Waals surface area (Å²) in [5.74, 6) is 2.58. The second kappa shape index (κ2) is 3.10. The van der Waals surface area contributed by atoms with Crippen molar-refractivity contribution >= 4 is 0 Å². The summed E-state index contributed by atoms with van der Waals surface area (Å²) in [6, 6.07) is -0.00782. The van der Waals surface area contributed by atoms with Crippen LogP contribution in [0.25, 0.3) is 0 Å². The molecule has 0 fully saturated rings. The molecule has 2 atom stereocenters. The van der Waals surface area contributed by atoms with Crippen molar-refractivity contribution in [3.8, 4) is 0 Å². The third-order valence-electron chi connectivity index (χ3n) is 2.67. The maximum atomic E-state index is 5.80. The van der Waals surface area contributed by atoms with Gasteiger partial charge >= 0.3 is 0 Å². The van der Waals surface area contributed by atoms with Crippen LogP contribution in [-0.2, 0) is 6.54 Å². The summed E-state index contributed by atoms with van der Waals surface area (Å²) in [5.41, 5.74) is 5.80. The molecule has 0 aromatic carbocycles. The van der Waals surface area contributed by atoms with E-state index in [0.717, 1.165) is 18.2 Å². The van der Waals surface area contributed by atoms with E-state index in [1.165, 1.54) is 12.8 Å². The van der Waals surface area contributed by atoms with Gasteiger partial charge in [-0.3, -0.25) is 0 Å². The molecule has 0 spiro atoms. The van der Waals surface area contributed by atoms with E-state index in [-0.39, 0.29) is 6.04 Å². The molecule has 0 saturated heterocycles. The zero-order valence-electron chi connectivity index (χ0n) is 8.20. The number of nitrogens with zero attached hydrogens (tertiary/aromatic N) is 3. The fraction of sp³-hybridized carbons (Fsp3) is 0.778. The van der Waals surface area contributed by atoms with E-state index < -0.39 is 0 Å². The molecule has 4 nitrogen and oxygen atoms in total. The average Bonchev–Trinajstić information content (AvgIpc) is 2.48. The molecule has 0 aliphatic carbocycles. The van der Waals surface area contributed by atoms with Gasteiger partial charge in [-0.25, -0.2) is 0 Å². The Morgan fingerprint density at radius 2 is 2.31 bits per heavy atom. The van der Waals surface area contributed by atoms with Crippen LogP contribution in [0.2, 0.25) is 0 Å². The van der Waals surface area contributed by atoms with Crippen molar-refractivity contribution in [1.82, 2.24) is 14.8 Å². The van der Waals surface area contributed by atoms with Crippen LogP contribution in [0.15, 0.2) is 0 Å². The standard InChI is InChI=1S/C9H16N4/c1-6-4-3-5-13-8(6)11-12-9(13)7(2)10/h6-7H,3-5,10H2,1-2H3. The van der Waals surface area contributed by atoms with Crippen molar-refractivity contribution in [2.24, 2.45) is 5.73 Å². The monoisotopic (exact) mass is 180 g/mol. The molecule has 2 unspecified atom stereocenters. The van der Waals surface area contributed by atoms with E-state index in [2.05, 4.69) is 21.7 Å². The van der Waals surface area contributed by atoms with Gasteiger partial charge in [0.25, 0.3) is 0 Å². The first-order valence-corrected chi connectivity index (χ1v) is 4.88. The molecule has 1 aromatic rings. The van der Waals surface area contributed by atoms with Gasteiger partial charge in [-0.05, 0) is 19.8 Å². The second-order valence-corrected chi connectivity index (χ2v) is 3.90. The topological polar surface area (TPSA) is 56.7 Å². The fourth-order valence-corrected chi connectivity index (χ4v) is 1.94. The summed E-state index contributed by atoms with van der Waals surface area (Å²) in [6.45, 7) is 5.19. The summed E-state index contributed by atoms with van der Waals surface area (Å²) < 4.78 is 2.18. The molecule has 4 heteroatoms. The summed E-state index contributed by atoms with van der Waals surface area (Å²) >= 11 is 0. The highest BCUT2D eigenvalue weighted by Crippen LogP contribution is 2.26. The third-order valence-corrected chi connectivity index (χ3v) is 2.67. The number of rotatable bonds is 1. The Balaban J connectivity index is 2.41. The lowest BCUT2D eigenvalue weighted by atomic mass is 10.0. The SMILES string of the molecule is CC(N)c1nnc2n1CCCC2C. The fourth-order valence-electron chi connectivity index (χ4n) is 1.94. The summed E-state index contributed by atoms with van der Waals surface area (Å²) in [5, 5.41) is 8.33. The first-order chi connectivity index (χ1) is 6.20. The van der Waals surface area contributed by atoms with E-state index in [9.17, 15) is 0 Å². The van der Waals surface area contributed by atoms with Gasteiger partial charge in [0.1, 0.15) is 11.6 Å². The van der Waals surface area contributed by atoms with Crippen LogP contribution in [0.4, 0.5) is 0 Å². The predicted molar refractivity (Wildman–Crippen MR) is 50.3 cm³/mol. The van der Waals surface area contributed by atoms with E-state index in [4.69, 9.17) is 5.73 Å². The van der Waals surface area contributed by atoms with Crippen LogP contribution in [0.1, 0.15) is 50.3 Å². The Kier molecular flexibility index (Phi) is 2.07. The lowest BCUT2D eigenvalue weighted by Crippen LogP contribution is -2.19. The van der Waals surface area contributed by atoms with Crippen LogP contribution in [0.3, 0.4) is 0 Å². The van der Waals surface area contributed by atoms with Crippen molar-refractivity contribution in [2.75, 3.05) is 0 Å². The smallest absolute Gasteiger partial charge is 0.149 e. The third kappa shape index (κ3) is 1.35. The van der Waals surface area contributed by atoms with Gasteiger partial charge in [0, 0.05) is 12.5 Å². The van der Waals surface area contributed by atoms with Gasteiger partial charge in [-0.1, -0.05) is 6.92 Å². The molecule has 1 aliphatic rings. The maximum Gasteiger partial charge on any atom is 0.149 e. The van der Waals surface area contributed by atoms with Crippen LogP contribution in [-0.4, -0.2) is 14.8 Å². The highest BCUT2D eigenvalue weighted by molar-refractivity contribution is 5.05. The highest BCUT2D eigenvalue weighted by atomic mass is 15.3. The highest BCUT2D eigenvalue weighted by Gasteiger charge is 2.22. The normalized spacial score (nSPS) is 24.1. The molecule has 1 aliphatic heterocycles. The van der Waals surface area contributed by atoms with Crippen LogP contribution in [0.5, 0.6) is 0 Å². The molecule has 2 heterocycles. The minimum absolute atomic E-state index is 0.00782. The summed E-state index contributed by atoms with van der Waals surface area (Å²) in [4.78, 5) is 0. The molecule has 0 amide bonds. The quantitative estimate of drug-likeness (QED) is 0.706. The minimum Gasteiger partial charge on any atom is -0.322 e. The molecular formula is C9H16N4. The van der Waals surface area contributed by atoms with E-state index in [0.29, 0.717) is 5.92 Å². The van der Waals surface area contributed by atoms with Crippen molar-refractivity contribution < 1.29 is 0 Å². The van der Waals surface area contributed by atoms with Gasteiger partial charge in [0.05, 0.1) is 6.04 Å². The molecule has 0 radical (unpaired) electrons. The molecule has 1 aromatic heterocycles. The lowest BCUT2D eigenvalue weighted by Gasteiger charge is -2.20. The van der Waals surface area contributed by atoms with E-state index in [1.54, 1.807) is 0 Å². The van der Waals surface area contributed by atoms with Crippen LogP contribution >= 0.6 is 0 Å². The molecular weight excluding hydrogens is 164 g/mol. The van der Waals surface area contributed by atoms with Gasteiger partial charge < -0.3 is 10.3 Å². The Morgan fingerprint density at radius 3 is 3.00 bits per heavy atom. The number of nitrogens with two attached hydrogens (primary N) is 1. The van der Waals surface area contributed by atoms with Crippen molar-refractivity contribution in [1.29, 1.82) is 0 Å². The Bertz CT molecular complexity index is 289. The molecule has 13 heavy (non-hydrogen) atoms. The van der Waals surface area contributed by atoms with Crippen molar-refractivity contribution in [3.05, 3.63) is 11.6 Å². The molecule has 2 rings (SSSR count). The maximum absolute atomic E-state index is 5.80. The second-order valence-electron chi connectivity index (χ2n) is 3.90. The first-order valence-electron chi connectivity index (χ1n) is 4.88. The molecule has 2 N–H and O–H groups in total. The van der Waals surface area contributed by atoms with Gasteiger partial charge in [0.2, 0.25) is 0 Å². The van der Waals surface area contributed by atoms with Crippen LogP contribution < -0.4 is 5.73 Å². The number of hydrogen-bond acceptors (Lipinski definition) is 3. The van der Waals surface area contributed by atoms with Crippen molar-refractivity contribution in [2.45, 2.75) is 45.2 Å². The molecule has 0 bridgehead atoms. The number of aromatic nitrogens is 3. The summed E-state index contributed by atoms with van der Waals surface area (Å²) in [7, 11) is 0. The number of fused-ring (bicyclic) bond motifs is 1. The zero-order chi connectivity index (χ0) is 9.42. The van der Waals surface area contributed by atoms with Crippen molar-refractivity contribution in [3.63, 3.8) is 0 Å². The lowest BCUT2D eigenvalue weighted by molar-refractivity contribution is 0.448. The Labute approximate surface area is 78.1 Å². The summed E-state index contributed by atoms with van der Waals surface area (Å²) in [6.07, 6.45) is 2.43. The Morgan fingerprint density at radius 1 is 1.54 bits per heavy atom.